The number of thiophene rings is 1. The Bertz CT molecular complexity index is 2110. The van der Waals surface area contributed by atoms with Gasteiger partial charge >= 0.3 is 0 Å². The highest BCUT2D eigenvalue weighted by Gasteiger charge is 2.17. The van der Waals surface area contributed by atoms with Crippen molar-refractivity contribution in [2.24, 2.45) is 0 Å². The van der Waals surface area contributed by atoms with Crippen LogP contribution in [0.15, 0.2) is 127 Å². The molecule has 2 aromatic heterocycles. The first-order valence-electron chi connectivity index (χ1n) is 12.3. The SMILES string of the molecule is c1cc(-c2ccc3ccccc3c2)cc(-n2c3ccccc3c3c4sc5ccccc5c4ccc32)c1. The zero-order valence-corrected chi connectivity index (χ0v) is 20.3. The summed E-state index contributed by atoms with van der Waals surface area (Å²) in [5, 5.41) is 7.88. The van der Waals surface area contributed by atoms with Crippen LogP contribution in [0, 0.1) is 0 Å². The first kappa shape index (κ1) is 19.9. The van der Waals surface area contributed by atoms with E-state index < -0.39 is 0 Å². The van der Waals surface area contributed by atoms with Gasteiger partial charge in [-0.2, -0.15) is 0 Å². The highest BCUT2D eigenvalue weighted by molar-refractivity contribution is 7.26. The van der Waals surface area contributed by atoms with Crippen LogP contribution in [0.2, 0.25) is 0 Å². The van der Waals surface area contributed by atoms with Gasteiger partial charge in [0.2, 0.25) is 0 Å². The molecule has 0 saturated heterocycles. The van der Waals surface area contributed by atoms with Crippen LogP contribution >= 0.6 is 11.3 Å². The molecule has 0 atom stereocenters. The van der Waals surface area contributed by atoms with Gasteiger partial charge in [0.25, 0.3) is 0 Å². The summed E-state index contributed by atoms with van der Waals surface area (Å²) in [6.45, 7) is 0. The van der Waals surface area contributed by atoms with Gasteiger partial charge in [0, 0.05) is 36.6 Å². The van der Waals surface area contributed by atoms with E-state index in [4.69, 9.17) is 0 Å². The predicted molar refractivity (Wildman–Crippen MR) is 157 cm³/mol. The summed E-state index contributed by atoms with van der Waals surface area (Å²) in [4.78, 5) is 0. The van der Waals surface area contributed by atoms with E-state index in [0.717, 1.165) is 0 Å². The van der Waals surface area contributed by atoms with Crippen LogP contribution in [0.25, 0.3) is 69.6 Å². The number of nitrogens with zero attached hydrogens (tertiary/aromatic N) is 1. The predicted octanol–water partition coefficient (Wildman–Crippen LogP) is 9.97. The Morgan fingerprint density at radius 3 is 2.19 bits per heavy atom. The molecule has 0 unspecified atom stereocenters. The summed E-state index contributed by atoms with van der Waals surface area (Å²) in [6.07, 6.45) is 0. The van der Waals surface area contributed by atoms with Crippen LogP contribution in [0.5, 0.6) is 0 Å². The lowest BCUT2D eigenvalue weighted by atomic mass is 10.0. The smallest absolute Gasteiger partial charge is 0.0555 e. The highest BCUT2D eigenvalue weighted by atomic mass is 32.1. The zero-order valence-electron chi connectivity index (χ0n) is 19.5. The van der Waals surface area contributed by atoms with Gasteiger partial charge in [-0.3, -0.25) is 0 Å². The minimum Gasteiger partial charge on any atom is -0.309 e. The van der Waals surface area contributed by atoms with Crippen LogP contribution in [0.1, 0.15) is 0 Å². The lowest BCUT2D eigenvalue weighted by molar-refractivity contribution is 1.18. The third-order valence-corrected chi connectivity index (χ3v) is 8.57. The molecule has 0 bridgehead atoms. The molecule has 2 heteroatoms. The van der Waals surface area contributed by atoms with Gasteiger partial charge in [0.05, 0.1) is 11.0 Å². The van der Waals surface area contributed by atoms with Crippen molar-refractivity contribution in [2.45, 2.75) is 0 Å². The van der Waals surface area contributed by atoms with Gasteiger partial charge in [-0.05, 0) is 58.3 Å². The van der Waals surface area contributed by atoms with E-state index in [-0.39, 0.29) is 0 Å². The van der Waals surface area contributed by atoms with Gasteiger partial charge in [-0.15, -0.1) is 11.3 Å². The monoisotopic (exact) mass is 475 g/mol. The second kappa shape index (κ2) is 7.55. The van der Waals surface area contributed by atoms with Crippen LogP contribution in [-0.2, 0) is 0 Å². The average Bonchev–Trinajstić information content (AvgIpc) is 3.48. The fourth-order valence-electron chi connectivity index (χ4n) is 5.71. The van der Waals surface area contributed by atoms with Gasteiger partial charge < -0.3 is 4.57 Å². The average molecular weight is 476 g/mol. The first-order chi connectivity index (χ1) is 17.8. The highest BCUT2D eigenvalue weighted by Crippen LogP contribution is 2.43. The summed E-state index contributed by atoms with van der Waals surface area (Å²) < 4.78 is 5.14. The number of rotatable bonds is 2. The van der Waals surface area contributed by atoms with Crippen LogP contribution in [0.4, 0.5) is 0 Å². The Morgan fingerprint density at radius 2 is 1.25 bits per heavy atom. The van der Waals surface area contributed by atoms with Gasteiger partial charge in [0.1, 0.15) is 0 Å². The van der Waals surface area contributed by atoms with E-state index in [1.54, 1.807) is 0 Å². The molecule has 6 aromatic carbocycles. The Morgan fingerprint density at radius 1 is 0.472 bits per heavy atom. The Kier molecular flexibility index (Phi) is 4.16. The molecule has 168 valence electrons. The van der Waals surface area contributed by atoms with Crippen molar-refractivity contribution >= 4 is 64.1 Å². The zero-order chi connectivity index (χ0) is 23.6. The van der Waals surface area contributed by atoms with Crippen molar-refractivity contribution in [1.29, 1.82) is 0 Å². The van der Waals surface area contributed by atoms with E-state index in [9.17, 15) is 0 Å². The lowest BCUT2D eigenvalue weighted by Crippen LogP contribution is -1.94. The second-order valence-corrected chi connectivity index (χ2v) is 10.5. The number of hydrogen-bond donors (Lipinski definition) is 0. The number of fused-ring (bicyclic) bond motifs is 8. The van der Waals surface area contributed by atoms with Crippen molar-refractivity contribution < 1.29 is 0 Å². The molecular formula is C34H21NS. The van der Waals surface area contributed by atoms with Crippen molar-refractivity contribution in [1.82, 2.24) is 4.57 Å². The van der Waals surface area contributed by atoms with Gasteiger partial charge in [-0.25, -0.2) is 0 Å². The number of hydrogen-bond acceptors (Lipinski definition) is 1. The molecule has 2 heterocycles. The molecule has 0 N–H and O–H groups in total. The van der Waals surface area contributed by atoms with E-state index in [1.807, 2.05) is 11.3 Å². The minimum absolute atomic E-state index is 1.19. The van der Waals surface area contributed by atoms with Crippen molar-refractivity contribution in [3.05, 3.63) is 127 Å². The number of benzene rings is 6. The second-order valence-electron chi connectivity index (χ2n) is 9.40. The molecule has 1 nitrogen and oxygen atoms in total. The fraction of sp³-hybridized carbons (Fsp3) is 0. The van der Waals surface area contributed by atoms with Crippen molar-refractivity contribution in [3.8, 4) is 16.8 Å². The van der Waals surface area contributed by atoms with Gasteiger partial charge in [-0.1, -0.05) is 91.0 Å². The molecule has 0 fully saturated rings. The molecule has 8 rings (SSSR count). The Labute approximate surface area is 212 Å². The lowest BCUT2D eigenvalue weighted by Gasteiger charge is -2.11. The van der Waals surface area contributed by atoms with Crippen LogP contribution < -0.4 is 0 Å². The van der Waals surface area contributed by atoms with E-state index in [0.29, 0.717) is 0 Å². The Hall–Kier alpha value is -4.40. The maximum atomic E-state index is 2.43. The molecule has 0 spiro atoms. The van der Waals surface area contributed by atoms with E-state index in [1.165, 1.54) is 69.6 Å². The van der Waals surface area contributed by atoms with E-state index >= 15 is 0 Å². The van der Waals surface area contributed by atoms with Crippen molar-refractivity contribution in [3.63, 3.8) is 0 Å². The maximum absolute atomic E-state index is 2.43. The number of aromatic nitrogens is 1. The molecule has 0 saturated carbocycles. The summed E-state index contributed by atoms with van der Waals surface area (Å²) in [5.41, 5.74) is 6.15. The molecule has 8 aromatic rings. The van der Waals surface area contributed by atoms with Crippen LogP contribution in [0.3, 0.4) is 0 Å². The first-order valence-corrected chi connectivity index (χ1v) is 13.1. The number of para-hydroxylation sites is 1. The van der Waals surface area contributed by atoms with Gasteiger partial charge in [0.15, 0.2) is 0 Å². The summed E-state index contributed by atoms with van der Waals surface area (Å²) in [5.74, 6) is 0. The fourth-order valence-corrected chi connectivity index (χ4v) is 6.97. The standard InChI is InChI=1S/C34H21NS/c1-2-9-23-20-25(17-16-22(23)8-1)24-10-7-11-26(21-24)35-30-14-5-3-13-29(30)33-31(35)19-18-28-27-12-4-6-15-32(27)36-34(28)33/h1-21H. The molecule has 0 aliphatic rings. The maximum Gasteiger partial charge on any atom is 0.0555 e. The van der Waals surface area contributed by atoms with E-state index in [2.05, 4.69) is 132 Å². The quantitative estimate of drug-likeness (QED) is 0.234. The molecule has 0 radical (unpaired) electrons. The normalized spacial score (nSPS) is 11.9. The topological polar surface area (TPSA) is 4.93 Å². The molecular weight excluding hydrogens is 454 g/mol. The molecule has 36 heavy (non-hydrogen) atoms. The molecule has 0 aliphatic carbocycles. The minimum atomic E-state index is 1.19. The summed E-state index contributed by atoms with van der Waals surface area (Å²) in [6, 6.07) is 46.4. The largest absolute Gasteiger partial charge is 0.309 e. The summed E-state index contributed by atoms with van der Waals surface area (Å²) >= 11 is 1.90. The van der Waals surface area contributed by atoms with Crippen molar-refractivity contribution in [2.75, 3.05) is 0 Å². The molecule has 0 aliphatic heterocycles. The third-order valence-electron chi connectivity index (χ3n) is 7.37. The third kappa shape index (κ3) is 2.82. The molecule has 0 amide bonds. The Balaban J connectivity index is 1.41. The van der Waals surface area contributed by atoms with Crippen LogP contribution in [-0.4, -0.2) is 4.57 Å². The summed E-state index contributed by atoms with van der Waals surface area (Å²) in [7, 11) is 0.